The monoisotopic (exact) mass is 1350 g/mol. The van der Waals surface area contributed by atoms with Crippen molar-refractivity contribution in [3.8, 4) is 69.6 Å². The highest BCUT2D eigenvalue weighted by Crippen LogP contribution is 2.67. The van der Waals surface area contributed by atoms with Crippen LogP contribution in [-0.2, 0) is 46.3 Å². The van der Waals surface area contributed by atoms with Crippen molar-refractivity contribution in [2.24, 2.45) is 5.73 Å². The van der Waals surface area contributed by atoms with Crippen LogP contribution < -0.4 is 43.6 Å². The number of hydrogen-bond donors (Lipinski definition) is 3. The van der Waals surface area contributed by atoms with Crippen molar-refractivity contribution < 1.29 is 86.3 Å². The number of phenols is 2. The van der Waals surface area contributed by atoms with E-state index in [-0.39, 0.29) is 61.9 Å². The summed E-state index contributed by atoms with van der Waals surface area (Å²) in [4.78, 5) is 82.2. The molecule has 2 unspecified atom stereocenters. The van der Waals surface area contributed by atoms with Gasteiger partial charge in [-0.2, -0.15) is 10.5 Å². The summed E-state index contributed by atoms with van der Waals surface area (Å²) in [5.74, 6) is 0.0982. The number of hydrogen-bond acceptors (Lipinski definition) is 27. The molecule has 0 saturated carbocycles. The van der Waals surface area contributed by atoms with Gasteiger partial charge in [0.1, 0.15) is 49.1 Å². The molecule has 15 rings (SSSR count). The number of Topliss-reactive ketones (excluding diaryl/α,β-unsaturated/α-hetero) is 1. The molecule has 10 heterocycles. The average Bonchev–Trinajstić information content (AvgIpc) is 0.836. The van der Waals surface area contributed by atoms with Gasteiger partial charge < -0.3 is 63.3 Å². The maximum absolute atomic E-state index is 13.0. The van der Waals surface area contributed by atoms with Crippen LogP contribution in [0, 0.1) is 50.4 Å². The number of nitriles is 2. The smallest absolute Gasteiger partial charge is 0.375 e. The first-order valence-electron chi connectivity index (χ1n) is 31.3. The van der Waals surface area contributed by atoms with E-state index in [4.69, 9.17) is 53.1 Å². The van der Waals surface area contributed by atoms with Crippen LogP contribution in [0.2, 0.25) is 0 Å². The fraction of sp³-hybridized carbons (Fsp3) is 0.449. The normalized spacial score (nSPS) is 27.8. The minimum atomic E-state index is -0.949. The van der Waals surface area contributed by atoms with Gasteiger partial charge in [0.25, 0.3) is 0 Å². The zero-order valence-corrected chi connectivity index (χ0v) is 55.9. The zero-order valence-electron chi connectivity index (χ0n) is 54.3. The number of fused-ring (bicyclic) bond motifs is 18. The fourth-order valence-electron chi connectivity index (χ4n) is 16.4. The number of carbonyl (C=O) groups excluding carboxylic acids is 6. The Kier molecular flexibility index (Phi) is 17.6. The number of carbonyl (C=O) groups is 6. The Morgan fingerprint density at radius 1 is 0.635 bits per heavy atom. The number of thioether (sulfide) groups is 2. The Morgan fingerprint density at radius 2 is 1.08 bits per heavy atom. The predicted molar refractivity (Wildman–Crippen MR) is 345 cm³/mol. The molecule has 27 heteroatoms. The Bertz CT molecular complexity index is 4200. The lowest BCUT2D eigenvalue weighted by atomic mass is 9.71. The van der Waals surface area contributed by atoms with Crippen molar-refractivity contribution in [3.63, 3.8) is 0 Å². The number of methoxy groups -OCH3 is 2. The van der Waals surface area contributed by atoms with Crippen LogP contribution in [-0.4, -0.2) is 175 Å². The number of aryl methyl sites for hydroxylation is 2. The molecule has 5 aromatic rings. The Hall–Kier alpha value is -8.80. The van der Waals surface area contributed by atoms with Crippen LogP contribution >= 0.6 is 23.5 Å². The summed E-state index contributed by atoms with van der Waals surface area (Å²) in [6.45, 7) is 9.58. The molecule has 5 aromatic carbocycles. The standard InChI is InChI=1S/C31H34N4O8S.C31H31N3O9S.C7H6O/c1-12-6-15-7-17-18(8-32)35-19-9-40-31(38)16(33)10-44-30(24(35)23(34(17)4)20(15)25(37)26(12)39-5)22-21(19)29-28(41-11-42-29)13(2)27(22)43-14(3)36;1-12-6-15-7-16-17(8-32)34-18-9-40-31(38)19(36)10-44-30(24(34)23(33(16)4)20(15)25(37)26(12)39-5)22-21(18)29-28(41-11-42-29)13(2)27(22)43-14(3)35;8-6-7-4-2-1-3-5-7/h6,16-19,23-24,30,37H,7,9-11,33H2,1-5H3;6,16-18,23-24,30,37H,7,9-11H2,1-5H3;1-6H/t16-,17-,18-,19-,23+,24+,30?;16-,17-,18-,23+,24+,30?;/m00./s1. The van der Waals surface area contributed by atoms with Crippen molar-refractivity contribution in [1.82, 2.24) is 19.6 Å². The Labute approximate surface area is 561 Å². The summed E-state index contributed by atoms with van der Waals surface area (Å²) in [6, 6.07) is 12.3. The van der Waals surface area contributed by atoms with Gasteiger partial charge in [0.2, 0.25) is 19.4 Å². The minimum absolute atomic E-state index is 0.0240. The maximum Gasteiger partial charge on any atom is 0.375 e. The second kappa shape index (κ2) is 25.6. The summed E-state index contributed by atoms with van der Waals surface area (Å²) in [5.41, 5.74) is 15.7. The molecule has 96 heavy (non-hydrogen) atoms. The number of nitrogens with two attached hydrogens (primary N) is 1. The average molecular weight is 1350 g/mol. The molecule has 4 saturated heterocycles. The van der Waals surface area contributed by atoms with E-state index >= 15 is 0 Å². The van der Waals surface area contributed by atoms with E-state index in [0.29, 0.717) is 92.2 Å². The highest BCUT2D eigenvalue weighted by atomic mass is 32.2. The zero-order chi connectivity index (χ0) is 68.2. The predicted octanol–water partition coefficient (Wildman–Crippen LogP) is 6.86. The largest absolute Gasteiger partial charge is 0.504 e. The number of likely N-dealkylation sites (N-methyl/N-ethyl adjacent to an activating group) is 2. The highest BCUT2D eigenvalue weighted by molar-refractivity contribution is 8.00. The number of aromatic hydroxyl groups is 2. The molecule has 25 nitrogen and oxygen atoms in total. The van der Waals surface area contributed by atoms with Gasteiger partial charge in [-0.25, -0.2) is 4.79 Å². The first kappa shape index (κ1) is 65.8. The third kappa shape index (κ3) is 10.4. The number of aldehydes is 1. The maximum atomic E-state index is 13.0. The van der Waals surface area contributed by atoms with E-state index in [1.807, 2.05) is 65.2 Å². The number of piperazine rings is 2. The molecule has 10 aliphatic heterocycles. The van der Waals surface area contributed by atoms with E-state index in [9.17, 15) is 49.5 Å². The lowest BCUT2D eigenvalue weighted by Crippen LogP contribution is -2.69. The number of esters is 4. The first-order chi connectivity index (χ1) is 46.1. The first-order valence-corrected chi connectivity index (χ1v) is 33.4. The van der Waals surface area contributed by atoms with E-state index in [0.717, 1.165) is 45.2 Å². The molecule has 13 atom stereocenters. The SMILES string of the molecule is COc1c(C)cc2c(c1O)[C@@H]1[C@@H]3C4SCC(=O)C(=O)OC[C@@H](c5c6c(c(C)c(OC(C)=O)c54)OCO6)N3[C@@H](C#N)[C@H](C2)N1C.COc1c(C)cc2c(c1O)[C@@H]1[C@@H]3C4SC[C@H](N)C(=O)OC[C@@H](c5c6c(c(C)c(OC(C)=O)c54)OCO6)N3[C@@H](C#N)[C@H](C2)N1C.O=Cc1ccccc1. The summed E-state index contributed by atoms with van der Waals surface area (Å²) in [5, 5.41) is 44.0. The van der Waals surface area contributed by atoms with Crippen LogP contribution in [0.4, 0.5) is 0 Å². The molecule has 8 bridgehead atoms. The number of phenolic OH excluding ortho intramolecular Hbond substituents is 2. The van der Waals surface area contributed by atoms with E-state index in [1.165, 1.54) is 51.6 Å². The molecule has 0 spiro atoms. The lowest BCUT2D eigenvalue weighted by Gasteiger charge is -2.61. The van der Waals surface area contributed by atoms with Crippen LogP contribution in [0.25, 0.3) is 0 Å². The second-order valence-electron chi connectivity index (χ2n) is 25.3. The molecule has 0 aromatic heterocycles. The number of benzene rings is 5. The Morgan fingerprint density at radius 3 is 1.51 bits per heavy atom. The van der Waals surface area contributed by atoms with Gasteiger partial charge >= 0.3 is 23.9 Å². The summed E-state index contributed by atoms with van der Waals surface area (Å²) in [6.07, 6.45) is 1.84. The number of rotatable bonds is 5. The van der Waals surface area contributed by atoms with Gasteiger partial charge in [0.05, 0.1) is 66.8 Å². The van der Waals surface area contributed by atoms with Crippen molar-refractivity contribution in [2.45, 2.75) is 131 Å². The van der Waals surface area contributed by atoms with Gasteiger partial charge in [0.15, 0.2) is 46.0 Å². The van der Waals surface area contributed by atoms with Gasteiger partial charge in [-0.3, -0.25) is 43.6 Å². The van der Waals surface area contributed by atoms with Crippen LogP contribution in [0.15, 0.2) is 42.5 Å². The number of ketones is 1. The summed E-state index contributed by atoms with van der Waals surface area (Å²) >= 11 is 2.66. The topological polar surface area (TPSA) is 322 Å². The van der Waals surface area contributed by atoms with Gasteiger partial charge in [-0.1, -0.05) is 42.5 Å². The van der Waals surface area contributed by atoms with Crippen molar-refractivity contribution in [3.05, 3.63) is 115 Å². The molecule has 4 fully saturated rings. The molecule has 502 valence electrons. The van der Waals surface area contributed by atoms with Crippen molar-refractivity contribution in [1.29, 1.82) is 10.5 Å². The van der Waals surface area contributed by atoms with Gasteiger partial charge in [-0.15, -0.1) is 23.5 Å². The third-order valence-electron chi connectivity index (χ3n) is 20.2. The van der Waals surface area contributed by atoms with Crippen LogP contribution in [0.1, 0.15) is 126 Å². The number of nitrogens with zero attached hydrogens (tertiary/aromatic N) is 6. The van der Waals surface area contributed by atoms with E-state index in [2.05, 4.69) is 31.7 Å². The van der Waals surface area contributed by atoms with Crippen LogP contribution in [0.5, 0.6) is 57.5 Å². The molecule has 0 radical (unpaired) electrons. The van der Waals surface area contributed by atoms with E-state index in [1.54, 1.807) is 19.1 Å². The highest BCUT2D eigenvalue weighted by Gasteiger charge is 2.63. The van der Waals surface area contributed by atoms with E-state index < -0.39 is 94.5 Å². The minimum Gasteiger partial charge on any atom is -0.504 e. The molecule has 0 aliphatic carbocycles. The van der Waals surface area contributed by atoms with Gasteiger partial charge in [-0.05, 0) is 76.9 Å². The molecule has 0 amide bonds. The summed E-state index contributed by atoms with van der Waals surface area (Å²) in [7, 11) is 6.96. The van der Waals surface area contributed by atoms with Crippen LogP contribution in [0.3, 0.4) is 0 Å². The lowest BCUT2D eigenvalue weighted by molar-refractivity contribution is -0.157. The van der Waals surface area contributed by atoms with Crippen molar-refractivity contribution in [2.75, 3.05) is 66.6 Å². The quantitative estimate of drug-likeness (QED) is 0.0700. The second-order valence-corrected chi connectivity index (χ2v) is 27.6. The molecular formula is C69H71N7O18S2. The number of cyclic esters (lactones) is 2. The number of ether oxygens (including phenoxy) is 10. The fourth-order valence-corrected chi connectivity index (χ4v) is 19.2. The molecule has 4 N–H and O–H groups in total. The van der Waals surface area contributed by atoms with Crippen molar-refractivity contribution >= 4 is 59.5 Å². The molecular weight excluding hydrogens is 1280 g/mol. The van der Waals surface area contributed by atoms with Gasteiger partial charge in [0, 0.05) is 93.8 Å². The molecule has 10 aliphatic rings. The Balaban J connectivity index is 0.000000155. The third-order valence-corrected chi connectivity index (χ3v) is 22.9. The summed E-state index contributed by atoms with van der Waals surface area (Å²) < 4.78 is 58.4.